The molecule has 110 valence electrons. The van der Waals surface area contributed by atoms with Crippen molar-refractivity contribution in [1.82, 2.24) is 5.32 Å². The quantitative estimate of drug-likeness (QED) is 0.825. The lowest BCUT2D eigenvalue weighted by atomic mass is 10.1. The molecule has 1 aliphatic rings. The second-order valence-electron chi connectivity index (χ2n) is 5.59. The van der Waals surface area contributed by atoms with Gasteiger partial charge in [0, 0.05) is 31.2 Å². The lowest BCUT2D eigenvalue weighted by Gasteiger charge is -2.18. The van der Waals surface area contributed by atoms with Crippen molar-refractivity contribution in [2.75, 3.05) is 11.4 Å². The maximum absolute atomic E-state index is 11.7. The molecule has 1 saturated heterocycles. The molecule has 1 aromatic rings. The van der Waals surface area contributed by atoms with Gasteiger partial charge in [0.15, 0.2) is 0 Å². The predicted molar refractivity (Wildman–Crippen MR) is 83.9 cm³/mol. The number of nitrogens with zero attached hydrogens (tertiary/aromatic N) is 1. The van der Waals surface area contributed by atoms with E-state index >= 15 is 0 Å². The fraction of sp³-hybridized carbons (Fsp3) is 0.588. The minimum absolute atomic E-state index is 0.255. The fourth-order valence-electron chi connectivity index (χ4n) is 2.78. The third kappa shape index (κ3) is 3.83. The first-order valence-corrected chi connectivity index (χ1v) is 7.87. The molecule has 1 aliphatic heterocycles. The van der Waals surface area contributed by atoms with E-state index in [4.69, 9.17) is 0 Å². The van der Waals surface area contributed by atoms with Crippen LogP contribution in [-0.4, -0.2) is 18.5 Å². The number of hydrogen-bond acceptors (Lipinski definition) is 2. The van der Waals surface area contributed by atoms with Crippen molar-refractivity contribution in [3.8, 4) is 0 Å². The Kier molecular flexibility index (Phi) is 5.60. The van der Waals surface area contributed by atoms with Gasteiger partial charge in [-0.1, -0.05) is 32.4 Å². The topological polar surface area (TPSA) is 32.3 Å². The molecule has 0 bridgehead atoms. The van der Waals surface area contributed by atoms with Crippen LogP contribution < -0.4 is 10.2 Å². The molecule has 3 nitrogen and oxygen atoms in total. The normalized spacial score (nSPS) is 16.7. The number of carbonyl (C=O) groups excluding carboxylic acids is 1. The minimum Gasteiger partial charge on any atom is -0.312 e. The van der Waals surface area contributed by atoms with E-state index in [-0.39, 0.29) is 5.91 Å². The SMILES string of the molecule is CCCC(CC)NCc1ccc(N2CCCC2=O)cc1. The molecule has 0 radical (unpaired) electrons. The van der Waals surface area contributed by atoms with E-state index < -0.39 is 0 Å². The Labute approximate surface area is 122 Å². The number of rotatable bonds is 7. The highest BCUT2D eigenvalue weighted by Crippen LogP contribution is 2.21. The summed E-state index contributed by atoms with van der Waals surface area (Å²) in [5, 5.41) is 3.60. The highest BCUT2D eigenvalue weighted by molar-refractivity contribution is 5.95. The summed E-state index contributed by atoms with van der Waals surface area (Å²) in [6, 6.07) is 9.01. The van der Waals surface area contributed by atoms with Crippen LogP contribution in [0.15, 0.2) is 24.3 Å². The van der Waals surface area contributed by atoms with Gasteiger partial charge < -0.3 is 10.2 Å². The summed E-state index contributed by atoms with van der Waals surface area (Å²) >= 11 is 0. The molecule has 2 rings (SSSR count). The standard InChI is InChI=1S/C17H26N2O/c1-3-6-15(4-2)18-13-14-8-10-16(11-9-14)19-12-5-7-17(19)20/h8-11,15,18H,3-7,12-13H2,1-2H3. The zero-order valence-electron chi connectivity index (χ0n) is 12.7. The van der Waals surface area contributed by atoms with Gasteiger partial charge in [-0.25, -0.2) is 0 Å². The first kappa shape index (κ1) is 15.0. The Bertz CT molecular complexity index is 427. The van der Waals surface area contributed by atoms with Crippen LogP contribution in [0, 0.1) is 0 Å². The van der Waals surface area contributed by atoms with Gasteiger partial charge in [-0.05, 0) is 37.0 Å². The number of anilines is 1. The molecule has 20 heavy (non-hydrogen) atoms. The molecule has 1 atom stereocenters. The molecule has 0 spiro atoms. The molecule has 1 N–H and O–H groups in total. The largest absolute Gasteiger partial charge is 0.312 e. The first-order chi connectivity index (χ1) is 9.74. The molecular weight excluding hydrogens is 248 g/mol. The van der Waals surface area contributed by atoms with Crippen LogP contribution in [0.2, 0.25) is 0 Å². The first-order valence-electron chi connectivity index (χ1n) is 7.87. The molecule has 1 heterocycles. The van der Waals surface area contributed by atoms with Crippen LogP contribution in [0.4, 0.5) is 5.69 Å². The van der Waals surface area contributed by atoms with E-state index in [1.54, 1.807) is 0 Å². The Hall–Kier alpha value is -1.35. The number of amides is 1. The lowest BCUT2D eigenvalue weighted by Crippen LogP contribution is -2.27. The third-order valence-corrected chi connectivity index (χ3v) is 4.05. The molecule has 0 aliphatic carbocycles. The summed E-state index contributed by atoms with van der Waals surface area (Å²) < 4.78 is 0. The van der Waals surface area contributed by atoms with Crippen molar-refractivity contribution in [3.63, 3.8) is 0 Å². The second-order valence-corrected chi connectivity index (χ2v) is 5.59. The average molecular weight is 274 g/mol. The van der Waals surface area contributed by atoms with Crippen molar-refractivity contribution in [2.24, 2.45) is 0 Å². The van der Waals surface area contributed by atoms with Crippen molar-refractivity contribution in [3.05, 3.63) is 29.8 Å². The maximum Gasteiger partial charge on any atom is 0.227 e. The highest BCUT2D eigenvalue weighted by atomic mass is 16.2. The van der Waals surface area contributed by atoms with Crippen LogP contribution in [0.3, 0.4) is 0 Å². The molecule has 0 saturated carbocycles. The molecule has 1 aromatic carbocycles. The molecule has 3 heteroatoms. The smallest absolute Gasteiger partial charge is 0.227 e. The zero-order chi connectivity index (χ0) is 14.4. The number of carbonyl (C=O) groups is 1. The average Bonchev–Trinajstić information content (AvgIpc) is 2.90. The number of benzene rings is 1. The van der Waals surface area contributed by atoms with E-state index in [1.807, 2.05) is 4.90 Å². The van der Waals surface area contributed by atoms with E-state index in [0.29, 0.717) is 12.5 Å². The van der Waals surface area contributed by atoms with Gasteiger partial charge >= 0.3 is 0 Å². The van der Waals surface area contributed by atoms with Crippen molar-refractivity contribution in [1.29, 1.82) is 0 Å². The summed E-state index contributed by atoms with van der Waals surface area (Å²) in [6.07, 6.45) is 5.31. The van der Waals surface area contributed by atoms with Gasteiger partial charge in [0.25, 0.3) is 0 Å². The number of hydrogen-bond donors (Lipinski definition) is 1. The molecule has 1 unspecified atom stereocenters. The van der Waals surface area contributed by atoms with Crippen LogP contribution in [0.25, 0.3) is 0 Å². The highest BCUT2D eigenvalue weighted by Gasteiger charge is 2.21. The monoisotopic (exact) mass is 274 g/mol. The third-order valence-electron chi connectivity index (χ3n) is 4.05. The van der Waals surface area contributed by atoms with Crippen LogP contribution in [0.5, 0.6) is 0 Å². The summed E-state index contributed by atoms with van der Waals surface area (Å²) in [6.45, 7) is 6.24. The predicted octanol–water partition coefficient (Wildman–Crippen LogP) is 3.48. The van der Waals surface area contributed by atoms with Crippen molar-refractivity contribution in [2.45, 2.75) is 58.5 Å². The van der Waals surface area contributed by atoms with Gasteiger partial charge in [0.2, 0.25) is 5.91 Å². The van der Waals surface area contributed by atoms with Gasteiger partial charge in [-0.2, -0.15) is 0 Å². The molecular formula is C17H26N2O. The Balaban J connectivity index is 1.89. The maximum atomic E-state index is 11.7. The van der Waals surface area contributed by atoms with Crippen LogP contribution >= 0.6 is 0 Å². The summed E-state index contributed by atoms with van der Waals surface area (Å²) in [5.41, 5.74) is 2.33. The van der Waals surface area contributed by atoms with Crippen LogP contribution in [0.1, 0.15) is 51.5 Å². The van der Waals surface area contributed by atoms with Crippen molar-refractivity contribution < 1.29 is 4.79 Å². The Morgan fingerprint density at radius 1 is 1.25 bits per heavy atom. The van der Waals surface area contributed by atoms with Crippen LogP contribution in [-0.2, 0) is 11.3 Å². The van der Waals surface area contributed by atoms with E-state index in [9.17, 15) is 4.79 Å². The zero-order valence-corrected chi connectivity index (χ0v) is 12.7. The van der Waals surface area contributed by atoms with E-state index in [2.05, 4.69) is 43.4 Å². The van der Waals surface area contributed by atoms with Crippen molar-refractivity contribution >= 4 is 11.6 Å². The van der Waals surface area contributed by atoms with Gasteiger partial charge in [-0.3, -0.25) is 4.79 Å². The molecule has 1 fully saturated rings. The van der Waals surface area contributed by atoms with E-state index in [1.165, 1.54) is 24.8 Å². The Morgan fingerprint density at radius 3 is 2.55 bits per heavy atom. The van der Waals surface area contributed by atoms with Gasteiger partial charge in [-0.15, -0.1) is 0 Å². The number of nitrogens with one attached hydrogen (secondary N) is 1. The van der Waals surface area contributed by atoms with Gasteiger partial charge in [0.1, 0.15) is 0 Å². The fourth-order valence-corrected chi connectivity index (χ4v) is 2.78. The lowest BCUT2D eigenvalue weighted by molar-refractivity contribution is -0.117. The summed E-state index contributed by atoms with van der Waals surface area (Å²) in [7, 11) is 0. The Morgan fingerprint density at radius 2 is 2.00 bits per heavy atom. The molecule has 0 aromatic heterocycles. The summed E-state index contributed by atoms with van der Waals surface area (Å²) in [5.74, 6) is 0.255. The second kappa shape index (κ2) is 7.44. The van der Waals surface area contributed by atoms with E-state index in [0.717, 1.165) is 25.2 Å². The minimum atomic E-state index is 0.255. The molecule has 1 amide bonds. The summed E-state index contributed by atoms with van der Waals surface area (Å²) in [4.78, 5) is 13.6. The van der Waals surface area contributed by atoms with Gasteiger partial charge in [0.05, 0.1) is 0 Å².